The van der Waals surface area contributed by atoms with Crippen LogP contribution in [0.4, 0.5) is 0 Å². The first kappa shape index (κ1) is 26.1. The van der Waals surface area contributed by atoms with Crippen molar-refractivity contribution in [3.63, 3.8) is 0 Å². The van der Waals surface area contributed by atoms with Gasteiger partial charge in [-0.2, -0.15) is 0 Å². The second-order valence-electron chi connectivity index (χ2n) is 9.16. The summed E-state index contributed by atoms with van der Waals surface area (Å²) in [5.41, 5.74) is 7.84. The Kier molecular flexibility index (Phi) is 7.85. The molecule has 8 heteroatoms. The lowest BCUT2D eigenvalue weighted by molar-refractivity contribution is -0.0796. The fourth-order valence-corrected chi connectivity index (χ4v) is 5.25. The van der Waals surface area contributed by atoms with Crippen LogP contribution in [0.5, 0.6) is 0 Å². The highest BCUT2D eigenvalue weighted by Crippen LogP contribution is 2.41. The molecule has 1 fully saturated rings. The average Bonchev–Trinajstić information content (AvgIpc) is 3.32. The zero-order valence-corrected chi connectivity index (χ0v) is 22.2. The summed E-state index contributed by atoms with van der Waals surface area (Å²) in [7, 11) is 0. The molecule has 0 radical (unpaired) electrons. The van der Waals surface area contributed by atoms with Gasteiger partial charge in [-0.25, -0.2) is 4.79 Å². The summed E-state index contributed by atoms with van der Waals surface area (Å²) in [6.45, 7) is 0.183. The van der Waals surface area contributed by atoms with Crippen LogP contribution in [0, 0.1) is 0 Å². The number of nitrogens with two attached hydrogens (primary N) is 1. The Morgan fingerprint density at radius 2 is 1.47 bits per heavy atom. The van der Waals surface area contributed by atoms with Gasteiger partial charge in [0.1, 0.15) is 11.8 Å². The van der Waals surface area contributed by atoms with E-state index in [0.29, 0.717) is 12.0 Å². The molecule has 3 aromatic carbocycles. The number of halogens is 1. The van der Waals surface area contributed by atoms with Gasteiger partial charge in [0.25, 0.3) is 5.56 Å². The van der Waals surface area contributed by atoms with Crippen molar-refractivity contribution >= 4 is 22.0 Å². The second kappa shape index (κ2) is 11.4. The van der Waals surface area contributed by atoms with Gasteiger partial charge in [0.2, 0.25) is 0 Å². The zero-order chi connectivity index (χ0) is 26.5. The van der Waals surface area contributed by atoms with Gasteiger partial charge < -0.3 is 15.2 Å². The molecule has 1 aliphatic rings. The summed E-state index contributed by atoms with van der Waals surface area (Å²) in [5.74, 6) is 0. The largest absolute Gasteiger partial charge is 0.358 e. The fraction of sp³-hybridized carbons (Fsp3) is 0.200. The number of hydrogen-bond acceptors (Lipinski definition) is 5. The molecule has 38 heavy (non-hydrogen) atoms. The van der Waals surface area contributed by atoms with Crippen molar-refractivity contribution in [1.82, 2.24) is 9.55 Å². The van der Waals surface area contributed by atoms with E-state index in [1.807, 2.05) is 54.6 Å². The number of benzene rings is 3. The molecule has 5 rings (SSSR count). The molecule has 1 saturated heterocycles. The molecule has 2 heterocycles. The Hall–Kier alpha value is -3.56. The SMILES string of the molecule is N[C@H]1C[C@H](n2cc(/C=C/Br)c(=O)[nH]c2=O)O[C@@H]1COC(c1ccccc1)(c1ccccc1)c1ccccc1. The van der Waals surface area contributed by atoms with E-state index >= 15 is 0 Å². The van der Waals surface area contributed by atoms with Gasteiger partial charge in [-0.1, -0.05) is 107 Å². The lowest BCUT2D eigenvalue weighted by Crippen LogP contribution is -2.40. The zero-order valence-electron chi connectivity index (χ0n) is 20.6. The Morgan fingerprint density at radius 3 is 1.97 bits per heavy atom. The van der Waals surface area contributed by atoms with Crippen LogP contribution in [-0.2, 0) is 15.1 Å². The predicted octanol–water partition coefficient (Wildman–Crippen LogP) is 4.53. The molecule has 3 N–H and O–H groups in total. The van der Waals surface area contributed by atoms with Gasteiger partial charge in [0.15, 0.2) is 0 Å². The minimum Gasteiger partial charge on any atom is -0.358 e. The molecule has 0 bridgehead atoms. The maximum Gasteiger partial charge on any atom is 0.330 e. The average molecular weight is 574 g/mol. The van der Waals surface area contributed by atoms with E-state index in [4.69, 9.17) is 15.2 Å². The highest BCUT2D eigenvalue weighted by Gasteiger charge is 2.41. The molecule has 0 amide bonds. The van der Waals surface area contributed by atoms with E-state index in [2.05, 4.69) is 57.3 Å². The molecule has 1 aromatic heterocycles. The predicted molar refractivity (Wildman–Crippen MR) is 151 cm³/mol. The van der Waals surface area contributed by atoms with Crippen molar-refractivity contribution in [2.75, 3.05) is 6.61 Å². The minimum atomic E-state index is -0.909. The normalized spacial score (nSPS) is 19.7. The van der Waals surface area contributed by atoms with E-state index in [0.717, 1.165) is 16.7 Å². The van der Waals surface area contributed by atoms with E-state index < -0.39 is 29.2 Å². The third-order valence-corrected chi connectivity index (χ3v) is 7.10. The topological polar surface area (TPSA) is 99.3 Å². The molecule has 0 spiro atoms. The standard InChI is InChI=1S/C30H28BrN3O4/c31-17-16-21-19-34(29(36)33-28(21)35)27-18-25(32)26(38-27)20-37-30(22-10-4-1-5-11-22,23-12-6-2-7-13-23)24-14-8-3-9-15-24/h1-17,19,25-27H,18,20,32H2,(H,33,35,36)/b17-16+/t25-,26+,27+/m0/s1. The summed E-state index contributed by atoms with van der Waals surface area (Å²) < 4.78 is 14.5. The van der Waals surface area contributed by atoms with E-state index in [1.165, 1.54) is 10.8 Å². The van der Waals surface area contributed by atoms with Crippen LogP contribution in [-0.4, -0.2) is 28.3 Å². The van der Waals surface area contributed by atoms with Crippen molar-refractivity contribution in [3.8, 4) is 0 Å². The summed E-state index contributed by atoms with van der Waals surface area (Å²) in [6.07, 6.45) is 2.33. The van der Waals surface area contributed by atoms with E-state index in [1.54, 1.807) is 11.1 Å². The number of aromatic nitrogens is 2. The van der Waals surface area contributed by atoms with Crippen LogP contribution in [0.15, 0.2) is 112 Å². The Balaban J connectivity index is 1.49. The summed E-state index contributed by atoms with van der Waals surface area (Å²) in [4.78, 5) is 28.6. The van der Waals surface area contributed by atoms with Gasteiger partial charge >= 0.3 is 5.69 Å². The van der Waals surface area contributed by atoms with Crippen molar-refractivity contribution < 1.29 is 9.47 Å². The van der Waals surface area contributed by atoms with Crippen LogP contribution >= 0.6 is 15.9 Å². The number of H-pyrrole nitrogens is 1. The van der Waals surface area contributed by atoms with Crippen LogP contribution in [0.25, 0.3) is 6.08 Å². The lowest BCUT2D eigenvalue weighted by Gasteiger charge is -2.37. The van der Waals surface area contributed by atoms with Crippen molar-refractivity contribution in [2.24, 2.45) is 5.73 Å². The summed E-state index contributed by atoms with van der Waals surface area (Å²) >= 11 is 3.17. The number of ether oxygens (including phenoxy) is 2. The summed E-state index contributed by atoms with van der Waals surface area (Å²) in [6, 6.07) is 29.8. The molecule has 7 nitrogen and oxygen atoms in total. The van der Waals surface area contributed by atoms with Crippen LogP contribution in [0.3, 0.4) is 0 Å². The van der Waals surface area contributed by atoms with E-state index in [9.17, 15) is 9.59 Å². The first-order valence-electron chi connectivity index (χ1n) is 12.4. The molecule has 194 valence electrons. The number of nitrogens with one attached hydrogen (secondary N) is 1. The van der Waals surface area contributed by atoms with Crippen molar-refractivity contribution in [2.45, 2.75) is 30.4 Å². The van der Waals surface area contributed by atoms with Gasteiger partial charge in [0, 0.05) is 18.7 Å². The number of aromatic amines is 1. The minimum absolute atomic E-state index is 0.183. The third kappa shape index (κ3) is 5.08. The fourth-order valence-electron chi connectivity index (χ4n) is 4.96. The number of hydrogen-bond donors (Lipinski definition) is 2. The van der Waals surface area contributed by atoms with Crippen LogP contribution in [0.1, 0.15) is 34.9 Å². The highest BCUT2D eigenvalue weighted by atomic mass is 79.9. The number of nitrogens with zero attached hydrogens (tertiary/aromatic N) is 1. The van der Waals surface area contributed by atoms with E-state index in [-0.39, 0.29) is 12.6 Å². The van der Waals surface area contributed by atoms with Gasteiger partial charge in [0.05, 0.1) is 18.3 Å². The smallest absolute Gasteiger partial charge is 0.330 e. The Morgan fingerprint density at radius 1 is 0.947 bits per heavy atom. The second-order valence-corrected chi connectivity index (χ2v) is 9.69. The maximum absolute atomic E-state index is 12.6. The highest BCUT2D eigenvalue weighted by molar-refractivity contribution is 9.11. The Bertz CT molecular complexity index is 1410. The Labute approximate surface area is 228 Å². The third-order valence-electron chi connectivity index (χ3n) is 6.84. The van der Waals surface area contributed by atoms with Gasteiger partial charge in [-0.3, -0.25) is 14.3 Å². The molecule has 3 atom stereocenters. The van der Waals surface area contributed by atoms with Crippen molar-refractivity contribution in [1.29, 1.82) is 0 Å². The molecule has 1 aliphatic heterocycles. The maximum atomic E-state index is 12.6. The van der Waals surface area contributed by atoms with Crippen LogP contribution in [0.2, 0.25) is 0 Å². The first-order chi connectivity index (χ1) is 18.5. The lowest BCUT2D eigenvalue weighted by atomic mass is 9.80. The summed E-state index contributed by atoms with van der Waals surface area (Å²) in [5, 5.41) is 0. The van der Waals surface area contributed by atoms with Crippen molar-refractivity contribution in [3.05, 3.63) is 145 Å². The number of rotatable bonds is 8. The van der Waals surface area contributed by atoms with Gasteiger partial charge in [-0.15, -0.1) is 0 Å². The van der Waals surface area contributed by atoms with Gasteiger partial charge in [-0.05, 0) is 27.8 Å². The molecular weight excluding hydrogens is 546 g/mol. The molecule has 0 saturated carbocycles. The molecule has 0 unspecified atom stereocenters. The first-order valence-corrected chi connectivity index (χ1v) is 13.3. The quantitative estimate of drug-likeness (QED) is 0.302. The molecular formula is C30H28BrN3O4. The van der Waals surface area contributed by atoms with Crippen LogP contribution < -0.4 is 17.0 Å². The molecule has 0 aliphatic carbocycles. The molecule has 4 aromatic rings. The monoisotopic (exact) mass is 573 g/mol.